The van der Waals surface area contributed by atoms with Gasteiger partial charge in [0.1, 0.15) is 0 Å². The minimum atomic E-state index is 0.295. The van der Waals surface area contributed by atoms with Crippen LogP contribution in [0.15, 0.2) is 41.4 Å². The third-order valence-electron chi connectivity index (χ3n) is 5.63. The average molecular weight is 380 g/mol. The molecule has 1 fully saturated rings. The maximum atomic E-state index is 5.92. The molecule has 4 rings (SSSR count). The lowest BCUT2D eigenvalue weighted by molar-refractivity contribution is 0.226. The van der Waals surface area contributed by atoms with E-state index in [0.29, 0.717) is 25.2 Å². The van der Waals surface area contributed by atoms with Gasteiger partial charge in [-0.2, -0.15) is 0 Å². The molecule has 2 aliphatic heterocycles. The summed E-state index contributed by atoms with van der Waals surface area (Å²) in [5, 5.41) is 0. The minimum Gasteiger partial charge on any atom is -0.490 e. The molecule has 1 saturated heterocycles. The molecule has 5 nitrogen and oxygen atoms in total. The lowest BCUT2D eigenvalue weighted by Gasteiger charge is -2.39. The van der Waals surface area contributed by atoms with E-state index in [1.54, 1.807) is 0 Å². The van der Waals surface area contributed by atoms with Crippen LogP contribution in [0.1, 0.15) is 42.9 Å². The van der Waals surface area contributed by atoms with Crippen LogP contribution in [0.3, 0.4) is 0 Å². The average Bonchev–Trinajstić information content (AvgIpc) is 2.69. The monoisotopic (exact) mass is 379 g/mol. The molecule has 0 amide bonds. The van der Waals surface area contributed by atoms with Crippen molar-refractivity contribution in [2.75, 3.05) is 39.1 Å². The minimum absolute atomic E-state index is 0.295. The van der Waals surface area contributed by atoms with Gasteiger partial charge < -0.3 is 20.1 Å². The van der Waals surface area contributed by atoms with Crippen LogP contribution in [0.25, 0.3) is 0 Å². The Morgan fingerprint density at radius 2 is 1.75 bits per heavy atom. The van der Waals surface area contributed by atoms with Gasteiger partial charge in [-0.15, -0.1) is 0 Å². The summed E-state index contributed by atoms with van der Waals surface area (Å²) in [6, 6.07) is 12.6. The van der Waals surface area contributed by atoms with Crippen molar-refractivity contribution in [2.45, 2.75) is 32.2 Å². The van der Waals surface area contributed by atoms with E-state index in [-0.39, 0.29) is 0 Å². The molecule has 0 aliphatic carbocycles. The fraction of sp³-hybridized carbons (Fsp3) is 0.435. The van der Waals surface area contributed by atoms with Crippen molar-refractivity contribution in [3.05, 3.63) is 53.1 Å². The normalized spacial score (nSPS) is 21.5. The maximum absolute atomic E-state index is 5.92. The predicted octanol–water partition coefficient (Wildman–Crippen LogP) is 3.70. The van der Waals surface area contributed by atoms with Crippen LogP contribution in [0.2, 0.25) is 0 Å². The Balaban J connectivity index is 1.87. The molecule has 0 saturated carbocycles. The standard InChI is InChI=1S/C23H29N3O2/c1-4-27-21-12-17-18(13-22(21)28-5-2)23(15-6-8-16(24)9-7-15)25-20-10-11-26(3)14-19(17)20/h6-9,12-13,19-20H,4-5,10-11,14,24H2,1-3H3. The van der Waals surface area contributed by atoms with Crippen molar-refractivity contribution in [3.63, 3.8) is 0 Å². The van der Waals surface area contributed by atoms with E-state index >= 15 is 0 Å². The number of nitrogens with zero attached hydrogens (tertiary/aromatic N) is 2. The number of nitrogens with two attached hydrogens (primary N) is 1. The predicted molar refractivity (Wildman–Crippen MR) is 114 cm³/mol. The van der Waals surface area contributed by atoms with Crippen LogP contribution in [0.5, 0.6) is 11.5 Å². The fourth-order valence-electron chi connectivity index (χ4n) is 4.29. The molecule has 2 heterocycles. The van der Waals surface area contributed by atoms with E-state index < -0.39 is 0 Å². The maximum Gasteiger partial charge on any atom is 0.161 e. The summed E-state index contributed by atoms with van der Waals surface area (Å²) in [7, 11) is 2.19. The molecule has 2 N–H and O–H groups in total. The fourth-order valence-corrected chi connectivity index (χ4v) is 4.29. The molecule has 0 bridgehead atoms. The Bertz CT molecular complexity index is 876. The Kier molecular flexibility index (Phi) is 5.27. The Morgan fingerprint density at radius 3 is 2.43 bits per heavy atom. The number of aliphatic imine (C=N–C) groups is 1. The molecule has 0 spiro atoms. The topological polar surface area (TPSA) is 60.1 Å². The smallest absolute Gasteiger partial charge is 0.161 e. The van der Waals surface area contributed by atoms with Crippen molar-refractivity contribution in [1.29, 1.82) is 0 Å². The van der Waals surface area contributed by atoms with Crippen LogP contribution in [0, 0.1) is 0 Å². The quantitative estimate of drug-likeness (QED) is 0.805. The molecule has 148 valence electrons. The summed E-state index contributed by atoms with van der Waals surface area (Å²) in [4.78, 5) is 7.60. The van der Waals surface area contributed by atoms with Crippen molar-refractivity contribution in [1.82, 2.24) is 4.90 Å². The number of rotatable bonds is 5. The second-order valence-electron chi connectivity index (χ2n) is 7.58. The van der Waals surface area contributed by atoms with Gasteiger partial charge in [0.25, 0.3) is 0 Å². The van der Waals surface area contributed by atoms with Crippen LogP contribution in [0.4, 0.5) is 5.69 Å². The number of likely N-dealkylation sites (N-methyl/N-ethyl adjacent to an activating group) is 1. The van der Waals surface area contributed by atoms with Crippen molar-refractivity contribution >= 4 is 11.4 Å². The number of benzene rings is 2. The number of ether oxygens (including phenoxy) is 2. The highest BCUT2D eigenvalue weighted by atomic mass is 16.5. The number of hydrogen-bond donors (Lipinski definition) is 1. The molecular formula is C23H29N3O2. The van der Waals surface area contributed by atoms with E-state index in [0.717, 1.165) is 53.5 Å². The van der Waals surface area contributed by atoms with E-state index in [1.165, 1.54) is 5.56 Å². The summed E-state index contributed by atoms with van der Waals surface area (Å²) in [6.07, 6.45) is 1.07. The highest BCUT2D eigenvalue weighted by molar-refractivity contribution is 6.15. The molecule has 0 aromatic heterocycles. The van der Waals surface area contributed by atoms with Crippen molar-refractivity contribution in [2.24, 2.45) is 4.99 Å². The molecule has 28 heavy (non-hydrogen) atoms. The Labute approximate surface area is 167 Å². The van der Waals surface area contributed by atoms with Gasteiger partial charge in [0.15, 0.2) is 11.5 Å². The van der Waals surface area contributed by atoms with Gasteiger partial charge in [-0.05, 0) is 63.7 Å². The largest absolute Gasteiger partial charge is 0.490 e. The van der Waals surface area contributed by atoms with E-state index in [2.05, 4.69) is 36.2 Å². The van der Waals surface area contributed by atoms with Crippen molar-refractivity contribution < 1.29 is 9.47 Å². The van der Waals surface area contributed by atoms with Gasteiger partial charge in [-0.25, -0.2) is 0 Å². The molecular weight excluding hydrogens is 350 g/mol. The van der Waals surface area contributed by atoms with Gasteiger partial charge in [0.2, 0.25) is 0 Å². The highest BCUT2D eigenvalue weighted by Crippen LogP contribution is 2.42. The summed E-state index contributed by atoms with van der Waals surface area (Å²) >= 11 is 0. The molecule has 2 aromatic rings. The zero-order valence-corrected chi connectivity index (χ0v) is 16.9. The molecule has 2 atom stereocenters. The molecule has 2 aromatic carbocycles. The number of anilines is 1. The third-order valence-corrected chi connectivity index (χ3v) is 5.63. The lowest BCUT2D eigenvalue weighted by atomic mass is 9.79. The summed E-state index contributed by atoms with van der Waals surface area (Å²) < 4.78 is 11.8. The van der Waals surface area contributed by atoms with Crippen molar-refractivity contribution in [3.8, 4) is 11.5 Å². The highest BCUT2D eigenvalue weighted by Gasteiger charge is 2.36. The van der Waals surface area contributed by atoms with Gasteiger partial charge >= 0.3 is 0 Å². The number of piperidine rings is 1. The van der Waals surface area contributed by atoms with Crippen LogP contribution < -0.4 is 15.2 Å². The first-order valence-electron chi connectivity index (χ1n) is 10.2. The van der Waals surface area contributed by atoms with Crippen LogP contribution in [-0.4, -0.2) is 50.0 Å². The van der Waals surface area contributed by atoms with Gasteiger partial charge in [-0.1, -0.05) is 12.1 Å². The van der Waals surface area contributed by atoms with Gasteiger partial charge in [0, 0.05) is 29.3 Å². The van der Waals surface area contributed by atoms with Gasteiger partial charge in [-0.3, -0.25) is 4.99 Å². The molecule has 2 unspecified atom stereocenters. The first kappa shape index (κ1) is 18.8. The van der Waals surface area contributed by atoms with Gasteiger partial charge in [0.05, 0.1) is 25.0 Å². The second-order valence-corrected chi connectivity index (χ2v) is 7.58. The molecule has 5 heteroatoms. The summed E-state index contributed by atoms with van der Waals surface area (Å²) in [6.45, 7) is 7.30. The number of likely N-dealkylation sites (tertiary alicyclic amines) is 1. The zero-order chi connectivity index (χ0) is 19.7. The third kappa shape index (κ3) is 3.47. The SMILES string of the molecule is CCOc1cc2c(cc1OCC)C1CN(C)CCC1N=C2c1ccc(N)cc1. The Hall–Kier alpha value is -2.53. The zero-order valence-electron chi connectivity index (χ0n) is 16.9. The number of nitrogen functional groups attached to an aromatic ring is 1. The number of hydrogen-bond acceptors (Lipinski definition) is 5. The lowest BCUT2D eigenvalue weighted by Crippen LogP contribution is -2.41. The van der Waals surface area contributed by atoms with Crippen LogP contribution in [-0.2, 0) is 0 Å². The first-order valence-corrected chi connectivity index (χ1v) is 10.2. The van der Waals surface area contributed by atoms with E-state index in [4.69, 9.17) is 20.2 Å². The summed E-state index contributed by atoms with van der Waals surface area (Å²) in [5.74, 6) is 1.99. The Morgan fingerprint density at radius 1 is 1.07 bits per heavy atom. The van der Waals surface area contributed by atoms with E-state index in [9.17, 15) is 0 Å². The second kappa shape index (κ2) is 7.84. The first-order chi connectivity index (χ1) is 13.6. The summed E-state index contributed by atoms with van der Waals surface area (Å²) in [5.41, 5.74) is 11.3. The molecule has 0 radical (unpaired) electrons. The van der Waals surface area contributed by atoms with Crippen LogP contribution >= 0.6 is 0 Å². The van der Waals surface area contributed by atoms with E-state index in [1.807, 2.05) is 26.0 Å². The number of fused-ring (bicyclic) bond motifs is 3. The molecule has 2 aliphatic rings.